The summed E-state index contributed by atoms with van der Waals surface area (Å²) < 4.78 is 10.3. The molecule has 2 aliphatic rings. The van der Waals surface area contributed by atoms with Gasteiger partial charge in [0.2, 0.25) is 5.91 Å². The second-order valence-corrected chi connectivity index (χ2v) is 9.96. The highest BCUT2D eigenvalue weighted by atomic mass is 32.2. The Bertz CT molecular complexity index is 1310. The second kappa shape index (κ2) is 12.7. The van der Waals surface area contributed by atoms with E-state index in [0.717, 1.165) is 11.1 Å². The molecule has 1 amide bonds. The molecule has 200 valence electrons. The van der Waals surface area contributed by atoms with Crippen molar-refractivity contribution in [2.75, 3.05) is 0 Å². The SMILES string of the molecule is CC1C=C(C(=O)OC(c2ccccc2)c2ccccc2)N2C(=O)C[C@H]2S1.O=C(Oc1ccccc1)O[N+](=O)[O-]. The molecule has 3 aromatic rings. The molecule has 0 aromatic heterocycles. The first-order chi connectivity index (χ1) is 18.8. The molecule has 1 saturated heterocycles. The number of amides is 1. The van der Waals surface area contributed by atoms with Crippen molar-refractivity contribution in [1.82, 2.24) is 4.90 Å². The van der Waals surface area contributed by atoms with E-state index < -0.39 is 23.3 Å². The highest BCUT2D eigenvalue weighted by Gasteiger charge is 2.45. The summed E-state index contributed by atoms with van der Waals surface area (Å²) >= 11 is 1.69. The molecule has 1 fully saturated rings. The Kier molecular flexibility index (Phi) is 8.95. The van der Waals surface area contributed by atoms with Crippen LogP contribution >= 0.6 is 11.8 Å². The van der Waals surface area contributed by atoms with Gasteiger partial charge in [0.25, 0.3) is 0 Å². The number of hydrogen-bond acceptors (Lipinski definition) is 9. The number of para-hydroxylation sites is 1. The van der Waals surface area contributed by atoms with E-state index >= 15 is 0 Å². The van der Waals surface area contributed by atoms with E-state index in [1.807, 2.05) is 73.7 Å². The second-order valence-electron chi connectivity index (χ2n) is 8.40. The van der Waals surface area contributed by atoms with Crippen LogP contribution in [0.5, 0.6) is 5.75 Å². The summed E-state index contributed by atoms with van der Waals surface area (Å²) in [6, 6.07) is 27.2. The molecule has 2 heterocycles. The number of fused-ring (bicyclic) bond motifs is 1. The minimum absolute atomic E-state index is 0.0198. The Hall–Kier alpha value is -4.64. The molecule has 10 nitrogen and oxygen atoms in total. The standard InChI is InChI=1S/C21H19NO3S.C7H5NO5/c1-14-12-17(22-18(23)13-19(22)26-14)21(24)25-20(15-8-4-2-5-9-15)16-10-6-3-7-11-16;9-7(13-8(10)11)12-6-4-2-1-3-5-6/h2-12,14,19-20H,13H2,1H3;1-5H/t14?,19-;/m1./s1. The molecule has 0 spiro atoms. The normalized spacial score (nSPS) is 17.4. The van der Waals surface area contributed by atoms with E-state index in [-0.39, 0.29) is 22.3 Å². The van der Waals surface area contributed by atoms with Gasteiger partial charge in [-0.05, 0) is 36.3 Å². The Morgan fingerprint density at radius 3 is 2.00 bits per heavy atom. The van der Waals surface area contributed by atoms with Crippen LogP contribution in [0.25, 0.3) is 0 Å². The molecule has 39 heavy (non-hydrogen) atoms. The number of rotatable bonds is 6. The van der Waals surface area contributed by atoms with Crippen LogP contribution in [0.1, 0.15) is 30.6 Å². The Morgan fingerprint density at radius 1 is 0.949 bits per heavy atom. The predicted molar refractivity (Wildman–Crippen MR) is 142 cm³/mol. The van der Waals surface area contributed by atoms with Crippen LogP contribution in [0.15, 0.2) is 103 Å². The molecule has 3 aromatic carbocycles. The molecule has 11 heteroatoms. The fourth-order valence-electron chi connectivity index (χ4n) is 3.96. The first kappa shape index (κ1) is 27.4. The lowest BCUT2D eigenvalue weighted by atomic mass is 10.0. The zero-order valence-electron chi connectivity index (χ0n) is 20.7. The summed E-state index contributed by atoms with van der Waals surface area (Å²) in [6.07, 6.45) is 0.440. The van der Waals surface area contributed by atoms with E-state index in [9.17, 15) is 24.5 Å². The Labute approximate surface area is 228 Å². The number of thioether (sulfide) groups is 1. The first-order valence-corrected chi connectivity index (χ1v) is 12.9. The van der Waals surface area contributed by atoms with Gasteiger partial charge in [-0.3, -0.25) is 9.69 Å². The molecule has 0 radical (unpaired) electrons. The number of benzene rings is 3. The Balaban J connectivity index is 0.000000229. The lowest BCUT2D eigenvalue weighted by Gasteiger charge is -2.44. The van der Waals surface area contributed by atoms with Crippen LogP contribution in [0, 0.1) is 10.1 Å². The van der Waals surface area contributed by atoms with Crippen LogP contribution in [0.2, 0.25) is 0 Å². The van der Waals surface area contributed by atoms with Gasteiger partial charge in [-0.2, -0.15) is 4.84 Å². The van der Waals surface area contributed by atoms with E-state index in [2.05, 4.69) is 9.57 Å². The van der Waals surface area contributed by atoms with Gasteiger partial charge in [-0.15, -0.1) is 21.9 Å². The third-order valence-electron chi connectivity index (χ3n) is 5.66. The van der Waals surface area contributed by atoms with E-state index in [1.165, 1.54) is 12.1 Å². The summed E-state index contributed by atoms with van der Waals surface area (Å²) in [5.41, 5.74) is 2.17. The molecular formula is C28H24N2O8S. The van der Waals surface area contributed by atoms with Crippen molar-refractivity contribution in [2.24, 2.45) is 0 Å². The molecule has 1 unspecified atom stereocenters. The number of carbonyl (C=O) groups excluding carboxylic acids is 3. The van der Waals surface area contributed by atoms with Crippen molar-refractivity contribution < 1.29 is 33.8 Å². The van der Waals surface area contributed by atoms with Crippen molar-refractivity contribution in [3.63, 3.8) is 0 Å². The summed E-state index contributed by atoms with van der Waals surface area (Å²) in [4.78, 5) is 50.2. The van der Waals surface area contributed by atoms with Gasteiger partial charge in [0.15, 0.2) is 6.10 Å². The molecular weight excluding hydrogens is 524 g/mol. The van der Waals surface area contributed by atoms with Crippen molar-refractivity contribution in [3.05, 3.63) is 124 Å². The number of nitrogens with zero attached hydrogens (tertiary/aromatic N) is 2. The smallest absolute Gasteiger partial charge is 0.448 e. The third kappa shape index (κ3) is 7.23. The Morgan fingerprint density at radius 2 is 1.49 bits per heavy atom. The minimum Gasteiger partial charge on any atom is -0.448 e. The number of carbonyl (C=O) groups is 3. The van der Waals surface area contributed by atoms with Crippen LogP contribution < -0.4 is 4.74 Å². The zero-order chi connectivity index (χ0) is 27.8. The van der Waals surface area contributed by atoms with Gasteiger partial charge >= 0.3 is 17.2 Å². The third-order valence-corrected chi connectivity index (χ3v) is 6.92. The maximum atomic E-state index is 12.9. The van der Waals surface area contributed by atoms with Crippen LogP contribution in [0.3, 0.4) is 0 Å². The maximum Gasteiger partial charge on any atom is 0.491 e. The molecule has 0 bridgehead atoms. The van der Waals surface area contributed by atoms with Crippen molar-refractivity contribution in [1.29, 1.82) is 0 Å². The lowest BCUT2D eigenvalue weighted by molar-refractivity contribution is -0.729. The van der Waals surface area contributed by atoms with Crippen LogP contribution in [-0.4, -0.2) is 38.6 Å². The molecule has 0 saturated carbocycles. The lowest BCUT2D eigenvalue weighted by Crippen LogP contribution is -2.54. The fraction of sp³-hybridized carbons (Fsp3) is 0.179. The largest absolute Gasteiger partial charge is 0.491 e. The number of β-lactam (4-membered cyclic amide) rings is 1. The molecule has 2 atom stereocenters. The van der Waals surface area contributed by atoms with E-state index in [4.69, 9.17) is 4.74 Å². The summed E-state index contributed by atoms with van der Waals surface area (Å²) in [5.74, 6) is -0.282. The fourth-order valence-corrected chi connectivity index (χ4v) is 5.25. The summed E-state index contributed by atoms with van der Waals surface area (Å²) in [6.45, 7) is 2.03. The van der Waals surface area contributed by atoms with Crippen molar-refractivity contribution in [2.45, 2.75) is 30.1 Å². The highest BCUT2D eigenvalue weighted by Crippen LogP contribution is 2.41. The quantitative estimate of drug-likeness (QED) is 0.133. The topological polar surface area (TPSA) is 125 Å². The highest BCUT2D eigenvalue weighted by molar-refractivity contribution is 8.00. The van der Waals surface area contributed by atoms with Crippen molar-refractivity contribution >= 4 is 29.8 Å². The molecule has 0 aliphatic carbocycles. The van der Waals surface area contributed by atoms with Gasteiger partial charge in [-0.25, -0.2) is 9.59 Å². The van der Waals surface area contributed by atoms with Crippen LogP contribution in [0.4, 0.5) is 4.79 Å². The molecule has 0 N–H and O–H groups in total. The van der Waals surface area contributed by atoms with E-state index in [0.29, 0.717) is 12.1 Å². The minimum atomic E-state index is -1.36. The monoisotopic (exact) mass is 548 g/mol. The zero-order valence-corrected chi connectivity index (χ0v) is 21.6. The van der Waals surface area contributed by atoms with Gasteiger partial charge in [0.05, 0.1) is 11.8 Å². The average Bonchev–Trinajstić information content (AvgIpc) is 2.92. The number of hydrogen-bond donors (Lipinski definition) is 0. The van der Waals surface area contributed by atoms with Gasteiger partial charge < -0.3 is 9.47 Å². The van der Waals surface area contributed by atoms with Gasteiger partial charge in [0.1, 0.15) is 11.4 Å². The summed E-state index contributed by atoms with van der Waals surface area (Å²) in [5, 5.41) is 8.68. The van der Waals surface area contributed by atoms with Crippen molar-refractivity contribution in [3.8, 4) is 5.75 Å². The first-order valence-electron chi connectivity index (χ1n) is 11.9. The summed E-state index contributed by atoms with van der Waals surface area (Å²) in [7, 11) is 0. The van der Waals surface area contributed by atoms with E-state index in [1.54, 1.807) is 34.9 Å². The molecule has 2 aliphatic heterocycles. The maximum absolute atomic E-state index is 12.9. The van der Waals surface area contributed by atoms with Gasteiger partial charge in [0, 0.05) is 5.25 Å². The van der Waals surface area contributed by atoms with Gasteiger partial charge in [-0.1, -0.05) is 78.9 Å². The molecule has 5 rings (SSSR count). The predicted octanol–water partition coefficient (Wildman–Crippen LogP) is 5.29. The number of esters is 1. The average molecular weight is 549 g/mol. The van der Waals surface area contributed by atoms with Crippen LogP contribution in [-0.2, 0) is 19.2 Å². The number of ether oxygens (including phenoxy) is 2.